The summed E-state index contributed by atoms with van der Waals surface area (Å²) in [6.45, 7) is 13.1. The number of methoxy groups -OCH3 is 1. The molecule has 0 bridgehead atoms. The number of thiazole rings is 1. The second-order valence-electron chi connectivity index (χ2n) is 14.3. The van der Waals surface area contributed by atoms with Crippen LogP contribution < -0.4 is 10.6 Å². The van der Waals surface area contributed by atoms with E-state index in [0.717, 1.165) is 45.2 Å². The summed E-state index contributed by atoms with van der Waals surface area (Å²) in [6.07, 6.45) is 7.09. The maximum atomic E-state index is 14.1. The summed E-state index contributed by atoms with van der Waals surface area (Å²) < 4.78 is 10.6. The maximum Gasteiger partial charge on any atom is 0.308 e. The number of likely N-dealkylation sites (tertiary alicyclic amines) is 1. The Morgan fingerprint density at radius 2 is 1.73 bits per heavy atom. The van der Waals surface area contributed by atoms with Crippen molar-refractivity contribution in [3.8, 4) is 0 Å². The molecule has 0 aromatic carbocycles. The van der Waals surface area contributed by atoms with Crippen LogP contribution in [0.15, 0.2) is 5.38 Å². The fourth-order valence-corrected chi connectivity index (χ4v) is 7.84. The number of amides is 3. The number of likely N-dealkylation sites (N-methyl/N-ethyl adjacent to an activating group) is 1. The molecular formula is C36H59N5O7S. The molecule has 13 heteroatoms. The number of hydrogen-bond donors (Lipinski definition) is 2. The molecule has 3 rings (SSSR count). The van der Waals surface area contributed by atoms with Crippen molar-refractivity contribution in [2.24, 2.45) is 17.8 Å². The zero-order valence-electron chi connectivity index (χ0n) is 30.8. The molecule has 1 saturated carbocycles. The highest BCUT2D eigenvalue weighted by Crippen LogP contribution is 2.31. The van der Waals surface area contributed by atoms with E-state index in [0.29, 0.717) is 30.7 Å². The molecule has 2 fully saturated rings. The van der Waals surface area contributed by atoms with Crippen molar-refractivity contribution < 1.29 is 33.4 Å². The molecule has 3 unspecified atom stereocenters. The molecule has 4 atom stereocenters. The molecule has 1 aromatic heterocycles. The largest absolute Gasteiger partial charge is 0.469 e. The molecule has 0 spiro atoms. The van der Waals surface area contributed by atoms with Gasteiger partial charge in [0.15, 0.2) is 6.10 Å². The molecule has 1 aromatic rings. The Balaban J connectivity index is 1.71. The summed E-state index contributed by atoms with van der Waals surface area (Å²) >= 11 is 1.24. The van der Waals surface area contributed by atoms with E-state index < -0.39 is 18.1 Å². The molecular weight excluding hydrogens is 646 g/mol. The SMILES string of the molecule is CCCCN1CCCC[C@@H]1C(=O)NC(C(=O)N(C)C(CC(OC(C)=O)c1nc(C(=O)NC2CCC(C(=O)OC)CC2)cs1)C(C)C)C(C)C. The molecule has 49 heavy (non-hydrogen) atoms. The zero-order chi connectivity index (χ0) is 36.2. The number of carbonyl (C=O) groups is 5. The van der Waals surface area contributed by atoms with Crippen molar-refractivity contribution in [3.05, 3.63) is 16.1 Å². The quantitative estimate of drug-likeness (QED) is 0.230. The first kappa shape index (κ1) is 40.4. The monoisotopic (exact) mass is 705 g/mol. The predicted octanol–water partition coefficient (Wildman–Crippen LogP) is 4.88. The maximum absolute atomic E-state index is 14.1. The second-order valence-corrected chi connectivity index (χ2v) is 15.2. The highest BCUT2D eigenvalue weighted by molar-refractivity contribution is 7.09. The van der Waals surface area contributed by atoms with Gasteiger partial charge in [0.2, 0.25) is 11.8 Å². The van der Waals surface area contributed by atoms with Gasteiger partial charge in [-0.05, 0) is 69.9 Å². The zero-order valence-corrected chi connectivity index (χ0v) is 31.6. The minimum atomic E-state index is -0.774. The number of nitrogens with one attached hydrogen (secondary N) is 2. The fourth-order valence-electron chi connectivity index (χ4n) is 7.00. The van der Waals surface area contributed by atoms with Gasteiger partial charge < -0.3 is 25.0 Å². The number of aromatic nitrogens is 1. The Hall–Kier alpha value is -3.06. The van der Waals surface area contributed by atoms with E-state index in [1.54, 1.807) is 17.3 Å². The van der Waals surface area contributed by atoms with Crippen LogP contribution in [-0.2, 0) is 28.7 Å². The lowest BCUT2D eigenvalue weighted by Gasteiger charge is -2.38. The summed E-state index contributed by atoms with van der Waals surface area (Å²) in [5, 5.41) is 8.26. The van der Waals surface area contributed by atoms with Crippen molar-refractivity contribution in [1.29, 1.82) is 0 Å². The van der Waals surface area contributed by atoms with Gasteiger partial charge in [0.05, 0.1) is 19.1 Å². The Morgan fingerprint density at radius 1 is 1.04 bits per heavy atom. The number of esters is 2. The predicted molar refractivity (Wildman–Crippen MR) is 189 cm³/mol. The third-order valence-electron chi connectivity index (χ3n) is 9.95. The van der Waals surface area contributed by atoms with Crippen molar-refractivity contribution in [2.75, 3.05) is 27.2 Å². The summed E-state index contributed by atoms with van der Waals surface area (Å²) in [7, 11) is 3.13. The number of hydrogen-bond acceptors (Lipinski definition) is 10. The van der Waals surface area contributed by atoms with Gasteiger partial charge in [-0.3, -0.25) is 28.9 Å². The Bertz CT molecular complexity index is 1260. The number of rotatable bonds is 16. The van der Waals surface area contributed by atoms with Crippen LogP contribution in [0.4, 0.5) is 0 Å². The van der Waals surface area contributed by atoms with Gasteiger partial charge in [0.1, 0.15) is 16.7 Å². The topological polar surface area (TPSA) is 147 Å². The van der Waals surface area contributed by atoms with E-state index in [2.05, 4.69) is 27.4 Å². The lowest BCUT2D eigenvalue weighted by Crippen LogP contribution is -2.58. The van der Waals surface area contributed by atoms with Gasteiger partial charge in [0.25, 0.3) is 5.91 Å². The molecule has 12 nitrogen and oxygen atoms in total. The first-order chi connectivity index (χ1) is 23.3. The molecule has 1 saturated heterocycles. The molecule has 3 amide bonds. The van der Waals surface area contributed by atoms with Gasteiger partial charge >= 0.3 is 11.9 Å². The van der Waals surface area contributed by atoms with Gasteiger partial charge in [-0.1, -0.05) is 47.5 Å². The number of carbonyl (C=O) groups excluding carboxylic acids is 5. The van der Waals surface area contributed by atoms with E-state index in [1.165, 1.54) is 25.4 Å². The van der Waals surface area contributed by atoms with Gasteiger partial charge in [-0.15, -0.1) is 11.3 Å². The van der Waals surface area contributed by atoms with Gasteiger partial charge in [-0.25, -0.2) is 4.98 Å². The number of unbranched alkanes of at least 4 members (excludes halogenated alkanes) is 1. The third kappa shape index (κ3) is 11.5. The standard InChI is InChI=1S/C36H59N5O7S/c1-9-10-18-41-19-12-11-13-28(41)33(44)39-31(23(4)5)35(45)40(7)29(22(2)3)20-30(48-24(6)42)34-38-27(21-49-34)32(43)37-26-16-14-25(15-17-26)36(46)47-8/h21-23,25-26,28-31H,9-20H2,1-8H3,(H,37,43)(H,39,44)/t25?,26?,28-,29?,30?,31?/m1/s1. The van der Waals surface area contributed by atoms with Crippen LogP contribution in [0.1, 0.15) is 127 Å². The number of piperidine rings is 1. The van der Waals surface area contributed by atoms with Crippen LogP contribution in [0.2, 0.25) is 0 Å². The minimum absolute atomic E-state index is 0.0127. The molecule has 1 aliphatic carbocycles. The third-order valence-corrected chi connectivity index (χ3v) is 10.9. The van der Waals surface area contributed by atoms with E-state index >= 15 is 0 Å². The van der Waals surface area contributed by atoms with Crippen molar-refractivity contribution in [3.63, 3.8) is 0 Å². The molecule has 2 N–H and O–H groups in total. The van der Waals surface area contributed by atoms with Crippen molar-refractivity contribution in [2.45, 2.75) is 136 Å². The Kier molecular flexibility index (Phi) is 16.0. The first-order valence-corrected chi connectivity index (χ1v) is 19.0. The van der Waals surface area contributed by atoms with E-state index in [4.69, 9.17) is 9.47 Å². The molecule has 1 aliphatic heterocycles. The average Bonchev–Trinajstić information content (AvgIpc) is 3.57. The van der Waals surface area contributed by atoms with Crippen molar-refractivity contribution >= 4 is 41.0 Å². The summed E-state index contributed by atoms with van der Waals surface area (Å²) in [6, 6.07) is -1.37. The lowest BCUT2D eigenvalue weighted by molar-refractivity contribution is -0.149. The van der Waals surface area contributed by atoms with Gasteiger partial charge in [0, 0.05) is 37.9 Å². The van der Waals surface area contributed by atoms with E-state index in [1.807, 2.05) is 27.7 Å². The molecule has 0 radical (unpaired) electrons. The van der Waals surface area contributed by atoms with Crippen LogP contribution in [0.25, 0.3) is 0 Å². The Morgan fingerprint density at radius 3 is 2.33 bits per heavy atom. The normalized spacial score (nSPS) is 21.8. The van der Waals surface area contributed by atoms with E-state index in [-0.39, 0.29) is 71.7 Å². The van der Waals surface area contributed by atoms with Crippen LogP contribution in [0.5, 0.6) is 0 Å². The summed E-state index contributed by atoms with van der Waals surface area (Å²) in [5.74, 6) is -1.60. The van der Waals surface area contributed by atoms with Crippen LogP contribution in [-0.4, -0.2) is 95.9 Å². The smallest absolute Gasteiger partial charge is 0.308 e. The number of nitrogens with zero attached hydrogens (tertiary/aromatic N) is 3. The van der Waals surface area contributed by atoms with E-state index in [9.17, 15) is 24.0 Å². The van der Waals surface area contributed by atoms with Crippen molar-refractivity contribution in [1.82, 2.24) is 25.4 Å². The molecule has 2 aliphatic rings. The summed E-state index contributed by atoms with van der Waals surface area (Å²) in [4.78, 5) is 73.5. The van der Waals surface area contributed by atoms with Crippen LogP contribution in [0.3, 0.4) is 0 Å². The summed E-state index contributed by atoms with van der Waals surface area (Å²) in [5.41, 5.74) is 0.232. The van der Waals surface area contributed by atoms with Gasteiger partial charge in [-0.2, -0.15) is 0 Å². The Labute approximate surface area is 296 Å². The second kappa shape index (κ2) is 19.4. The highest BCUT2D eigenvalue weighted by atomic mass is 32.1. The molecule has 276 valence electrons. The van der Waals surface area contributed by atoms with Crippen LogP contribution in [0, 0.1) is 17.8 Å². The number of ether oxygens (including phenoxy) is 2. The van der Waals surface area contributed by atoms with Crippen LogP contribution >= 0.6 is 11.3 Å². The molecule has 2 heterocycles. The average molecular weight is 706 g/mol. The first-order valence-electron chi connectivity index (χ1n) is 18.1. The minimum Gasteiger partial charge on any atom is -0.469 e. The fraction of sp³-hybridized carbons (Fsp3) is 0.778. The lowest BCUT2D eigenvalue weighted by atomic mass is 9.86. The highest BCUT2D eigenvalue weighted by Gasteiger charge is 2.37.